The molecule has 0 unspecified atom stereocenters. The van der Waals surface area contributed by atoms with Crippen LogP contribution in [0.4, 0.5) is 5.69 Å². The minimum absolute atomic E-state index is 0.306. The minimum atomic E-state index is -3.33. The number of rotatable bonds is 7. The van der Waals surface area contributed by atoms with Gasteiger partial charge in [0.1, 0.15) is 0 Å². The Morgan fingerprint density at radius 3 is 2.29 bits per heavy atom. The lowest BCUT2D eigenvalue weighted by atomic mass is 10.3. The molecular weight excluding hydrogens is 236 g/mol. The summed E-state index contributed by atoms with van der Waals surface area (Å²) in [5.41, 5.74) is 0.953. The fourth-order valence-electron chi connectivity index (χ4n) is 1.43. The standard InChI is InChI=1S/C12H20N2O2S/c1-3-5-10-13-11-6-8-12(9-7-11)17(15,16)14-4-2/h6-9,13-14H,3-5,10H2,1-2H3. The summed E-state index contributed by atoms with van der Waals surface area (Å²) < 4.78 is 25.8. The van der Waals surface area contributed by atoms with Crippen molar-refractivity contribution >= 4 is 15.7 Å². The van der Waals surface area contributed by atoms with E-state index in [1.54, 1.807) is 31.2 Å². The second-order valence-electron chi connectivity index (χ2n) is 3.81. The first-order chi connectivity index (χ1) is 8.10. The quantitative estimate of drug-likeness (QED) is 0.735. The molecule has 1 aromatic rings. The Morgan fingerprint density at radius 2 is 1.76 bits per heavy atom. The van der Waals surface area contributed by atoms with E-state index in [9.17, 15) is 8.42 Å². The van der Waals surface area contributed by atoms with Crippen LogP contribution >= 0.6 is 0 Å². The van der Waals surface area contributed by atoms with E-state index in [0.29, 0.717) is 11.4 Å². The molecule has 96 valence electrons. The van der Waals surface area contributed by atoms with E-state index in [1.165, 1.54) is 0 Å². The number of nitrogens with one attached hydrogen (secondary N) is 2. The molecule has 0 fully saturated rings. The monoisotopic (exact) mass is 256 g/mol. The largest absolute Gasteiger partial charge is 0.385 e. The Kier molecular flexibility index (Phi) is 5.44. The number of hydrogen-bond acceptors (Lipinski definition) is 3. The van der Waals surface area contributed by atoms with Gasteiger partial charge in [-0.25, -0.2) is 13.1 Å². The van der Waals surface area contributed by atoms with Crippen LogP contribution in [0.15, 0.2) is 29.2 Å². The van der Waals surface area contributed by atoms with E-state index in [-0.39, 0.29) is 0 Å². The van der Waals surface area contributed by atoms with Gasteiger partial charge in [0.2, 0.25) is 10.0 Å². The fraction of sp³-hybridized carbons (Fsp3) is 0.500. The summed E-state index contributed by atoms with van der Waals surface area (Å²) in [5, 5.41) is 3.24. The summed E-state index contributed by atoms with van der Waals surface area (Å²) in [6, 6.07) is 6.82. The average molecular weight is 256 g/mol. The third kappa shape index (κ3) is 4.36. The van der Waals surface area contributed by atoms with Gasteiger partial charge in [0, 0.05) is 18.8 Å². The van der Waals surface area contributed by atoms with E-state index in [0.717, 1.165) is 25.1 Å². The van der Waals surface area contributed by atoms with Crippen molar-refractivity contribution in [3.63, 3.8) is 0 Å². The van der Waals surface area contributed by atoms with E-state index in [4.69, 9.17) is 0 Å². The van der Waals surface area contributed by atoms with E-state index in [1.807, 2.05) is 0 Å². The summed E-state index contributed by atoms with van der Waals surface area (Å²) in [6.07, 6.45) is 2.25. The molecule has 0 aliphatic rings. The second-order valence-corrected chi connectivity index (χ2v) is 5.57. The highest BCUT2D eigenvalue weighted by atomic mass is 32.2. The zero-order valence-electron chi connectivity index (χ0n) is 10.4. The number of hydrogen-bond donors (Lipinski definition) is 2. The lowest BCUT2D eigenvalue weighted by Crippen LogP contribution is -2.23. The van der Waals surface area contributed by atoms with Gasteiger partial charge in [0.05, 0.1) is 4.90 Å². The van der Waals surface area contributed by atoms with Gasteiger partial charge in [0.25, 0.3) is 0 Å². The Balaban J connectivity index is 2.68. The first kappa shape index (κ1) is 14.0. The molecule has 0 saturated carbocycles. The third-order valence-corrected chi connectivity index (χ3v) is 3.92. The van der Waals surface area contributed by atoms with Crippen molar-refractivity contribution < 1.29 is 8.42 Å². The fourth-order valence-corrected chi connectivity index (χ4v) is 2.48. The van der Waals surface area contributed by atoms with Gasteiger partial charge in [-0.3, -0.25) is 0 Å². The molecule has 0 aromatic heterocycles. The second kappa shape index (κ2) is 6.61. The molecule has 0 aliphatic carbocycles. The molecule has 0 saturated heterocycles. The molecular formula is C12H20N2O2S. The maximum atomic E-state index is 11.7. The van der Waals surface area contributed by atoms with Gasteiger partial charge >= 0.3 is 0 Å². The molecule has 2 N–H and O–H groups in total. The molecule has 5 heteroatoms. The van der Waals surface area contributed by atoms with Crippen molar-refractivity contribution in [3.8, 4) is 0 Å². The Morgan fingerprint density at radius 1 is 1.12 bits per heavy atom. The Hall–Kier alpha value is -1.07. The summed E-state index contributed by atoms with van der Waals surface area (Å²) in [4.78, 5) is 0.306. The molecule has 0 amide bonds. The normalized spacial score (nSPS) is 11.4. The number of unbranched alkanes of at least 4 members (excludes halogenated alkanes) is 1. The van der Waals surface area contributed by atoms with Crippen LogP contribution in [0.25, 0.3) is 0 Å². The van der Waals surface area contributed by atoms with E-state index in [2.05, 4.69) is 17.0 Å². The van der Waals surface area contributed by atoms with Crippen LogP contribution in [0.3, 0.4) is 0 Å². The van der Waals surface area contributed by atoms with Crippen LogP contribution in [-0.2, 0) is 10.0 Å². The topological polar surface area (TPSA) is 58.2 Å². The molecule has 0 heterocycles. The van der Waals surface area contributed by atoms with Gasteiger partial charge in [-0.15, -0.1) is 0 Å². The predicted octanol–water partition coefficient (Wildman–Crippen LogP) is 2.20. The maximum absolute atomic E-state index is 11.7. The van der Waals surface area contributed by atoms with Crippen LogP contribution in [0, 0.1) is 0 Å². The molecule has 1 aromatic carbocycles. The maximum Gasteiger partial charge on any atom is 0.240 e. The Labute approximate surface area is 103 Å². The summed E-state index contributed by atoms with van der Waals surface area (Å²) in [5.74, 6) is 0. The number of anilines is 1. The summed E-state index contributed by atoms with van der Waals surface area (Å²) >= 11 is 0. The highest BCUT2D eigenvalue weighted by molar-refractivity contribution is 7.89. The average Bonchev–Trinajstić information content (AvgIpc) is 2.30. The van der Waals surface area contributed by atoms with Gasteiger partial charge in [-0.1, -0.05) is 20.3 Å². The predicted molar refractivity (Wildman–Crippen MR) is 70.7 cm³/mol. The van der Waals surface area contributed by atoms with Crippen molar-refractivity contribution in [3.05, 3.63) is 24.3 Å². The molecule has 0 atom stereocenters. The van der Waals surface area contributed by atoms with Crippen molar-refractivity contribution in [2.45, 2.75) is 31.6 Å². The van der Waals surface area contributed by atoms with Gasteiger partial charge in [-0.05, 0) is 30.7 Å². The molecule has 0 bridgehead atoms. The van der Waals surface area contributed by atoms with Gasteiger partial charge in [0.15, 0.2) is 0 Å². The lowest BCUT2D eigenvalue weighted by Gasteiger charge is -2.07. The van der Waals surface area contributed by atoms with Crippen LogP contribution in [0.1, 0.15) is 26.7 Å². The summed E-state index contributed by atoms with van der Waals surface area (Å²) in [6.45, 7) is 5.21. The van der Waals surface area contributed by atoms with Crippen LogP contribution in [0.5, 0.6) is 0 Å². The van der Waals surface area contributed by atoms with Gasteiger partial charge in [-0.2, -0.15) is 0 Å². The summed E-state index contributed by atoms with van der Waals surface area (Å²) in [7, 11) is -3.33. The van der Waals surface area contributed by atoms with Crippen molar-refractivity contribution in [2.24, 2.45) is 0 Å². The number of sulfonamides is 1. The first-order valence-corrected chi connectivity index (χ1v) is 7.42. The van der Waals surface area contributed by atoms with Crippen LogP contribution in [-0.4, -0.2) is 21.5 Å². The molecule has 0 radical (unpaired) electrons. The van der Waals surface area contributed by atoms with Crippen LogP contribution in [0.2, 0.25) is 0 Å². The number of benzene rings is 1. The molecule has 17 heavy (non-hydrogen) atoms. The van der Waals surface area contributed by atoms with Crippen LogP contribution < -0.4 is 10.0 Å². The third-order valence-electron chi connectivity index (χ3n) is 2.36. The molecule has 0 aliphatic heterocycles. The highest BCUT2D eigenvalue weighted by Crippen LogP contribution is 2.13. The Bertz CT molecular complexity index is 426. The SMILES string of the molecule is CCCCNc1ccc(S(=O)(=O)NCC)cc1. The van der Waals surface area contributed by atoms with E-state index < -0.39 is 10.0 Å². The van der Waals surface area contributed by atoms with E-state index >= 15 is 0 Å². The lowest BCUT2D eigenvalue weighted by molar-refractivity contribution is 0.584. The molecule has 4 nitrogen and oxygen atoms in total. The highest BCUT2D eigenvalue weighted by Gasteiger charge is 2.11. The van der Waals surface area contributed by atoms with Crippen molar-refractivity contribution in [1.29, 1.82) is 0 Å². The molecule has 1 rings (SSSR count). The van der Waals surface area contributed by atoms with Gasteiger partial charge < -0.3 is 5.32 Å². The van der Waals surface area contributed by atoms with Crippen molar-refractivity contribution in [1.82, 2.24) is 4.72 Å². The zero-order valence-corrected chi connectivity index (χ0v) is 11.2. The zero-order chi connectivity index (χ0) is 12.7. The minimum Gasteiger partial charge on any atom is -0.385 e. The molecule has 0 spiro atoms. The first-order valence-electron chi connectivity index (χ1n) is 5.93. The van der Waals surface area contributed by atoms with Crippen molar-refractivity contribution in [2.75, 3.05) is 18.4 Å². The smallest absolute Gasteiger partial charge is 0.240 e.